The van der Waals surface area contributed by atoms with Gasteiger partial charge in [0.25, 0.3) is 13.4 Å². The van der Waals surface area contributed by atoms with Crippen LogP contribution in [0.3, 0.4) is 0 Å². The minimum Gasteiger partial charge on any atom is -0.459 e. The molecule has 0 atom stereocenters. The van der Waals surface area contributed by atoms with Gasteiger partial charge in [-0.1, -0.05) is 336 Å². The van der Waals surface area contributed by atoms with Gasteiger partial charge in [0.15, 0.2) is 16.7 Å². The second-order valence-corrected chi connectivity index (χ2v) is 34.3. The number of ether oxygens (including phenoxy) is 2. The minimum absolute atomic E-state index is 0.448. The summed E-state index contributed by atoms with van der Waals surface area (Å²) < 4.78 is 39.5. The SMILES string of the molecule is CC(C)(C)c1cc2c3c(c1)N(c1c(-c4ccccc4)ccc4c1oc1ccccc14)c1c(ccc4c1oc1ccccc14)B3c1c(cc3c4c1Oc1ccc(-c5ccccc5)cc1B4c1cc(-c4ccccc4)cc(-c4ccc5c(c4)C(c4ccccc4)(c4ccccc4)c4ccccc4-5)c1O3)N2c1c(-c2ccccc2)ccc2c1oc1ccccc12. The molecule has 0 saturated carbocycles. The number of hydrogen-bond acceptors (Lipinski definition) is 7. The summed E-state index contributed by atoms with van der Waals surface area (Å²) in [7, 11) is 0. The van der Waals surface area contributed by atoms with E-state index in [1.807, 2.05) is 0 Å². The fraction of sp³-hybridized carbons (Fsp3) is 0.0442. The average molecular weight is 1560 g/mol. The van der Waals surface area contributed by atoms with Gasteiger partial charge in [0.05, 0.1) is 22.5 Å². The maximum absolute atomic E-state index is 8.40. The molecule has 3 aromatic heterocycles. The molecule has 0 fully saturated rings. The Labute approximate surface area is 705 Å². The molecule has 0 radical (unpaired) electrons. The molecule has 4 aliphatic heterocycles. The van der Waals surface area contributed by atoms with Gasteiger partial charge < -0.3 is 32.5 Å². The largest absolute Gasteiger partial charge is 0.459 e. The fourth-order valence-corrected chi connectivity index (χ4v) is 21.4. The third-order valence-corrected chi connectivity index (χ3v) is 26.8. The van der Waals surface area contributed by atoms with Crippen molar-refractivity contribution in [3.05, 3.63) is 410 Å². The molecular formula is C113H72B2N2O5. The van der Waals surface area contributed by atoms with Gasteiger partial charge in [-0.2, -0.15) is 0 Å². The minimum atomic E-state index is -0.680. The van der Waals surface area contributed by atoms with Crippen LogP contribution >= 0.6 is 0 Å². The number of anilines is 6. The van der Waals surface area contributed by atoms with E-state index >= 15 is 0 Å². The number of benzene rings is 18. The van der Waals surface area contributed by atoms with Crippen LogP contribution < -0.4 is 52.1 Å². The zero-order valence-electron chi connectivity index (χ0n) is 67.0. The van der Waals surface area contributed by atoms with Crippen molar-refractivity contribution < 1.29 is 22.7 Å². The van der Waals surface area contributed by atoms with Gasteiger partial charge in [0.2, 0.25) is 0 Å². The molecule has 26 rings (SSSR count). The fourth-order valence-electron chi connectivity index (χ4n) is 21.4. The lowest BCUT2D eigenvalue weighted by Gasteiger charge is -2.47. The van der Waals surface area contributed by atoms with E-state index in [0.717, 1.165) is 211 Å². The summed E-state index contributed by atoms with van der Waals surface area (Å²) in [5.74, 6) is 2.94. The summed E-state index contributed by atoms with van der Waals surface area (Å²) in [4.78, 5) is 5.10. The number of furan rings is 3. The lowest BCUT2D eigenvalue weighted by atomic mass is 9.30. The Morgan fingerprint density at radius 1 is 0.262 bits per heavy atom. The number of rotatable bonds is 9. The molecule has 0 N–H and O–H groups in total. The summed E-state index contributed by atoms with van der Waals surface area (Å²) in [5.41, 5.74) is 33.9. The number of hydrogen-bond donors (Lipinski definition) is 0. The second-order valence-electron chi connectivity index (χ2n) is 34.3. The topological polar surface area (TPSA) is 64.4 Å². The van der Waals surface area contributed by atoms with E-state index in [1.165, 1.54) is 33.4 Å². The molecule has 18 aromatic carbocycles. The number of nitrogens with zero attached hydrogens (tertiary/aromatic N) is 2. The first-order valence-corrected chi connectivity index (χ1v) is 42.2. The molecule has 122 heavy (non-hydrogen) atoms. The summed E-state index contributed by atoms with van der Waals surface area (Å²) in [6.45, 7) is 6.00. The monoisotopic (exact) mass is 1560 g/mol. The smallest absolute Gasteiger partial charge is 0.260 e. The normalized spacial score (nSPS) is 13.7. The number of para-hydroxylation sites is 3. The van der Waals surface area contributed by atoms with Crippen LogP contribution in [0.15, 0.2) is 395 Å². The maximum atomic E-state index is 8.40. The van der Waals surface area contributed by atoms with Crippen molar-refractivity contribution in [3.8, 4) is 89.8 Å². The third kappa shape index (κ3) is 9.75. The highest BCUT2D eigenvalue weighted by atomic mass is 16.5. The molecular weight excluding hydrogens is 1490 g/mol. The summed E-state index contributed by atoms with van der Waals surface area (Å²) in [6.07, 6.45) is 0. The van der Waals surface area contributed by atoms with Crippen molar-refractivity contribution in [2.24, 2.45) is 0 Å². The summed E-state index contributed by atoms with van der Waals surface area (Å²) >= 11 is 0. The van der Waals surface area contributed by atoms with Gasteiger partial charge in [0.1, 0.15) is 39.7 Å². The first-order chi connectivity index (χ1) is 60.2. The standard InChI is InChI=1S/C113H72B2N2O5/c1-112(2,3)76-64-93-101-94(65-76)117(105-78(70-36-16-7-17-37-70)54-56-85-82-44-24-28-48-97(82)119-109(85)105)106-90(58-57-86-83-45-25-29-49-98(83)120-110(86)106)115(101)102-95(116(93)104-77(69-34-14-6-15-35-69)53-55-84-81-43-23-27-47-96(81)118-108(84)104)66-100-103-111(102)121-99-59-51-71(67-30-10-4-11-31-67)62-91(99)114(103)92-63-73(68-32-12-5-13-33-68)60-87(107(92)122-100)72-50-52-80-79-42-22-26-46-88(79)113(89(80)61-72,74-38-18-8-19-39-74)75-40-20-9-21-41-75/h4-66H,1-3H3. The predicted octanol–water partition coefficient (Wildman–Crippen LogP) is 26.2. The molecule has 0 amide bonds. The Hall–Kier alpha value is -15.3. The van der Waals surface area contributed by atoms with Gasteiger partial charge in [-0.15, -0.1) is 0 Å². The van der Waals surface area contributed by atoms with E-state index in [1.54, 1.807) is 0 Å². The highest BCUT2D eigenvalue weighted by Gasteiger charge is 2.54. The summed E-state index contributed by atoms with van der Waals surface area (Å²) in [5, 5.41) is 6.07. The molecule has 0 spiro atoms. The Kier molecular flexibility index (Phi) is 14.6. The average Bonchev–Trinajstić information content (AvgIpc) is 0.924. The van der Waals surface area contributed by atoms with Crippen molar-refractivity contribution in [2.75, 3.05) is 9.80 Å². The van der Waals surface area contributed by atoms with Crippen molar-refractivity contribution in [2.45, 2.75) is 31.6 Å². The van der Waals surface area contributed by atoms with E-state index < -0.39 is 24.3 Å². The second kappa shape index (κ2) is 25.8. The molecule has 570 valence electrons. The lowest BCUT2D eigenvalue weighted by molar-refractivity contribution is 0.468. The van der Waals surface area contributed by atoms with Crippen molar-refractivity contribution in [1.29, 1.82) is 0 Å². The Morgan fingerprint density at radius 3 is 1.30 bits per heavy atom. The molecule has 9 heteroatoms. The van der Waals surface area contributed by atoms with Crippen LogP contribution in [0.2, 0.25) is 0 Å². The highest BCUT2D eigenvalue weighted by molar-refractivity contribution is 7.03. The number of fused-ring (bicyclic) bond motifs is 22. The molecule has 0 saturated heterocycles. The molecule has 7 heterocycles. The van der Waals surface area contributed by atoms with Crippen molar-refractivity contribution in [3.63, 3.8) is 0 Å². The quantitative estimate of drug-likeness (QED) is 0.133. The van der Waals surface area contributed by atoms with Crippen LogP contribution in [0, 0.1) is 0 Å². The molecule has 0 bridgehead atoms. The van der Waals surface area contributed by atoms with Crippen LogP contribution in [0.1, 0.15) is 48.6 Å². The van der Waals surface area contributed by atoms with E-state index in [9.17, 15) is 0 Å². The van der Waals surface area contributed by atoms with Gasteiger partial charge in [-0.25, -0.2) is 0 Å². The lowest BCUT2D eigenvalue weighted by Crippen LogP contribution is -2.65. The van der Waals surface area contributed by atoms with Crippen LogP contribution in [-0.2, 0) is 10.8 Å². The zero-order chi connectivity index (χ0) is 80.4. The highest BCUT2D eigenvalue weighted by Crippen LogP contribution is 2.60. The molecule has 0 unspecified atom stereocenters. The van der Waals surface area contributed by atoms with E-state index in [0.29, 0.717) is 5.75 Å². The van der Waals surface area contributed by atoms with Crippen molar-refractivity contribution in [1.82, 2.24) is 0 Å². The molecule has 1 aliphatic carbocycles. The zero-order valence-corrected chi connectivity index (χ0v) is 67.0. The van der Waals surface area contributed by atoms with Crippen LogP contribution in [0.25, 0.3) is 133 Å². The molecule has 21 aromatic rings. The Balaban J connectivity index is 0.824. The van der Waals surface area contributed by atoms with E-state index in [-0.39, 0.29) is 0 Å². The van der Waals surface area contributed by atoms with Crippen LogP contribution in [-0.4, -0.2) is 13.4 Å². The van der Waals surface area contributed by atoms with E-state index in [2.05, 4.69) is 413 Å². The van der Waals surface area contributed by atoms with Gasteiger partial charge in [0, 0.05) is 77.6 Å². The van der Waals surface area contributed by atoms with E-state index in [4.69, 9.17) is 22.7 Å². The van der Waals surface area contributed by atoms with Crippen LogP contribution in [0.4, 0.5) is 34.1 Å². The maximum Gasteiger partial charge on any atom is 0.260 e. The van der Waals surface area contributed by atoms with Gasteiger partial charge >= 0.3 is 0 Å². The molecule has 5 aliphatic rings. The first kappa shape index (κ1) is 68.7. The Morgan fingerprint density at radius 2 is 0.713 bits per heavy atom. The third-order valence-electron chi connectivity index (χ3n) is 26.8. The van der Waals surface area contributed by atoms with Crippen LogP contribution in [0.5, 0.6) is 23.0 Å². The summed E-state index contributed by atoms with van der Waals surface area (Å²) in [6, 6.07) is 140. The molecule has 7 nitrogen and oxygen atoms in total. The van der Waals surface area contributed by atoms with Gasteiger partial charge in [-0.3, -0.25) is 0 Å². The Bertz CT molecular complexity index is 7970. The first-order valence-electron chi connectivity index (χ1n) is 42.2. The van der Waals surface area contributed by atoms with Crippen molar-refractivity contribution >= 4 is 146 Å². The van der Waals surface area contributed by atoms with Gasteiger partial charge in [-0.05, 0) is 171 Å². The predicted molar refractivity (Wildman–Crippen MR) is 503 cm³/mol.